The van der Waals surface area contributed by atoms with Gasteiger partial charge in [0.25, 0.3) is 0 Å². The molecule has 8 heteroatoms. The molecule has 7 nitrogen and oxygen atoms in total. The summed E-state index contributed by atoms with van der Waals surface area (Å²) < 4.78 is 25.0. The van der Waals surface area contributed by atoms with Gasteiger partial charge in [-0.1, -0.05) is 12.2 Å². The number of aromatic nitrogens is 2. The van der Waals surface area contributed by atoms with E-state index in [1.54, 1.807) is 22.9 Å². The van der Waals surface area contributed by atoms with E-state index in [0.29, 0.717) is 25.3 Å². The molecule has 1 amide bonds. The van der Waals surface area contributed by atoms with Crippen LogP contribution in [0.25, 0.3) is 0 Å². The first-order valence-corrected chi connectivity index (χ1v) is 9.67. The second-order valence-corrected chi connectivity index (χ2v) is 8.22. The minimum absolute atomic E-state index is 0.0655. The van der Waals surface area contributed by atoms with Crippen molar-refractivity contribution in [3.63, 3.8) is 0 Å². The Bertz CT molecular complexity index is 714. The first-order valence-electron chi connectivity index (χ1n) is 7.85. The number of nitrogens with one attached hydrogen (secondary N) is 1. The van der Waals surface area contributed by atoms with Gasteiger partial charge in [0.15, 0.2) is 9.84 Å². The summed E-state index contributed by atoms with van der Waals surface area (Å²) in [6.07, 6.45) is 3.98. The zero-order valence-corrected chi connectivity index (χ0v) is 14.8. The Kier molecular flexibility index (Phi) is 5.95. The fraction of sp³-hybridized carbons (Fsp3) is 0.500. The quantitative estimate of drug-likeness (QED) is 0.710. The van der Waals surface area contributed by atoms with E-state index in [4.69, 9.17) is 0 Å². The van der Waals surface area contributed by atoms with Gasteiger partial charge in [-0.25, -0.2) is 13.1 Å². The molecule has 24 heavy (non-hydrogen) atoms. The predicted octanol–water partition coefficient (Wildman–Crippen LogP) is 1.16. The Morgan fingerprint density at radius 3 is 2.67 bits per heavy atom. The molecule has 1 aromatic rings. The zero-order chi connectivity index (χ0) is 17.7. The van der Waals surface area contributed by atoms with Crippen molar-refractivity contribution in [1.82, 2.24) is 14.7 Å². The number of amides is 1. The molecule has 2 rings (SSSR count). The predicted molar refractivity (Wildman–Crippen MR) is 94.7 cm³/mol. The van der Waals surface area contributed by atoms with Crippen molar-refractivity contribution in [2.24, 2.45) is 0 Å². The van der Waals surface area contributed by atoms with E-state index in [2.05, 4.69) is 23.6 Å². The molecule has 1 aliphatic rings. The van der Waals surface area contributed by atoms with Crippen molar-refractivity contribution in [3.05, 3.63) is 37.1 Å². The average molecular weight is 352 g/mol. The maximum atomic E-state index is 12.3. The van der Waals surface area contributed by atoms with Crippen molar-refractivity contribution in [3.8, 4) is 0 Å². The Balaban J connectivity index is 2.08. The van der Waals surface area contributed by atoms with Gasteiger partial charge >= 0.3 is 0 Å². The molecule has 0 bridgehead atoms. The first-order chi connectivity index (χ1) is 11.3. The lowest BCUT2D eigenvalue weighted by atomic mass is 10.3. The molecule has 0 spiro atoms. The van der Waals surface area contributed by atoms with Gasteiger partial charge in [-0.2, -0.15) is 5.10 Å². The Hall–Kier alpha value is -1.93. The van der Waals surface area contributed by atoms with Crippen LogP contribution in [-0.4, -0.2) is 60.1 Å². The molecule has 2 heterocycles. The lowest BCUT2D eigenvalue weighted by molar-refractivity contribution is -0.117. The number of sulfone groups is 1. The highest BCUT2D eigenvalue weighted by molar-refractivity contribution is 7.91. The van der Waals surface area contributed by atoms with Gasteiger partial charge in [-0.05, 0) is 13.3 Å². The third-order valence-corrected chi connectivity index (χ3v) is 5.57. The summed E-state index contributed by atoms with van der Waals surface area (Å²) in [5.74, 6) is 0.587. The highest BCUT2D eigenvalue weighted by Gasteiger charge is 2.31. The summed E-state index contributed by atoms with van der Waals surface area (Å²) in [5.41, 5.74) is 0.739. The van der Waals surface area contributed by atoms with E-state index >= 15 is 0 Å². The third kappa shape index (κ3) is 4.78. The van der Waals surface area contributed by atoms with E-state index in [1.165, 1.54) is 0 Å². The molecule has 1 aliphatic heterocycles. The highest BCUT2D eigenvalue weighted by atomic mass is 32.2. The van der Waals surface area contributed by atoms with Gasteiger partial charge < -0.3 is 5.32 Å². The molecular weight excluding hydrogens is 328 g/mol. The van der Waals surface area contributed by atoms with E-state index < -0.39 is 9.84 Å². The van der Waals surface area contributed by atoms with Crippen LogP contribution in [0.5, 0.6) is 0 Å². The van der Waals surface area contributed by atoms with Crippen LogP contribution in [0.1, 0.15) is 18.2 Å². The molecule has 132 valence electrons. The summed E-state index contributed by atoms with van der Waals surface area (Å²) in [6.45, 7) is 10.5. The molecule has 1 atom stereocenters. The molecule has 1 fully saturated rings. The zero-order valence-electron chi connectivity index (χ0n) is 13.9. The molecule has 0 aromatic carbocycles. The van der Waals surface area contributed by atoms with E-state index in [0.717, 1.165) is 5.69 Å². The number of rotatable bonds is 8. The number of nitrogens with zero attached hydrogens (tertiary/aromatic N) is 3. The fourth-order valence-corrected chi connectivity index (χ4v) is 4.50. The van der Waals surface area contributed by atoms with Crippen LogP contribution in [0.4, 0.5) is 5.82 Å². The molecule has 1 saturated heterocycles. The minimum Gasteiger partial charge on any atom is -0.310 e. The molecule has 0 radical (unpaired) electrons. The fourth-order valence-electron chi connectivity index (χ4n) is 2.81. The highest BCUT2D eigenvalue weighted by Crippen LogP contribution is 2.27. The Morgan fingerprint density at radius 2 is 2.12 bits per heavy atom. The van der Waals surface area contributed by atoms with E-state index in [9.17, 15) is 13.2 Å². The molecule has 0 saturated carbocycles. The topological polar surface area (TPSA) is 84.3 Å². The van der Waals surface area contributed by atoms with Crippen LogP contribution in [0.3, 0.4) is 0 Å². The van der Waals surface area contributed by atoms with Crippen LogP contribution in [0, 0.1) is 6.92 Å². The standard InChI is InChI=1S/C16H24N4O3S/c1-4-7-19(8-5-2)11-16(21)17-15-10-13(3)18-20(15)14-6-9-24(22,23)12-14/h4-5,10,14H,1-2,6-9,11-12H2,3H3,(H,17,21)/t14-/m0/s1. The smallest absolute Gasteiger partial charge is 0.239 e. The normalized spacial score (nSPS) is 19.3. The third-order valence-electron chi connectivity index (χ3n) is 3.82. The molecule has 1 aromatic heterocycles. The van der Waals surface area contributed by atoms with E-state index in [1.807, 2.05) is 11.8 Å². The molecular formula is C16H24N4O3S. The lowest BCUT2D eigenvalue weighted by Gasteiger charge is -2.19. The van der Waals surface area contributed by atoms with Crippen LogP contribution in [0.15, 0.2) is 31.4 Å². The summed E-state index contributed by atoms with van der Waals surface area (Å²) in [6, 6.07) is 1.53. The second-order valence-electron chi connectivity index (χ2n) is 5.99. The monoisotopic (exact) mass is 352 g/mol. The summed E-state index contributed by atoms with van der Waals surface area (Å²) >= 11 is 0. The van der Waals surface area contributed by atoms with Crippen LogP contribution >= 0.6 is 0 Å². The summed E-state index contributed by atoms with van der Waals surface area (Å²) in [7, 11) is -3.02. The summed E-state index contributed by atoms with van der Waals surface area (Å²) in [5, 5.41) is 7.19. The second kappa shape index (κ2) is 7.76. The number of hydrogen-bond acceptors (Lipinski definition) is 5. The van der Waals surface area contributed by atoms with Gasteiger partial charge in [0, 0.05) is 19.2 Å². The number of carbonyl (C=O) groups excluding carboxylic acids is 1. The van der Waals surface area contributed by atoms with Crippen LogP contribution in [0.2, 0.25) is 0 Å². The number of anilines is 1. The van der Waals surface area contributed by atoms with Gasteiger partial charge in [0.05, 0.1) is 29.8 Å². The van der Waals surface area contributed by atoms with Crippen LogP contribution in [-0.2, 0) is 14.6 Å². The first kappa shape index (κ1) is 18.4. The Morgan fingerprint density at radius 1 is 1.46 bits per heavy atom. The molecule has 0 unspecified atom stereocenters. The lowest BCUT2D eigenvalue weighted by Crippen LogP contribution is -2.34. The van der Waals surface area contributed by atoms with Crippen LogP contribution < -0.4 is 5.32 Å². The van der Waals surface area contributed by atoms with E-state index in [-0.39, 0.29) is 30.0 Å². The van der Waals surface area contributed by atoms with Crippen molar-refractivity contribution >= 4 is 21.6 Å². The molecule has 1 N–H and O–H groups in total. The van der Waals surface area contributed by atoms with Crippen molar-refractivity contribution < 1.29 is 13.2 Å². The SMILES string of the molecule is C=CCN(CC=C)CC(=O)Nc1cc(C)nn1[C@H]1CCS(=O)(=O)C1. The van der Waals surface area contributed by atoms with Gasteiger partial charge in [-0.15, -0.1) is 13.2 Å². The van der Waals surface area contributed by atoms with Gasteiger partial charge in [0.1, 0.15) is 5.82 Å². The maximum absolute atomic E-state index is 12.3. The molecule has 0 aliphatic carbocycles. The van der Waals surface area contributed by atoms with Crippen molar-refractivity contribution in [1.29, 1.82) is 0 Å². The van der Waals surface area contributed by atoms with Crippen molar-refractivity contribution in [2.45, 2.75) is 19.4 Å². The van der Waals surface area contributed by atoms with Crippen molar-refractivity contribution in [2.75, 3.05) is 36.5 Å². The Labute approximate surface area is 142 Å². The number of hydrogen-bond donors (Lipinski definition) is 1. The number of carbonyl (C=O) groups is 1. The van der Waals surface area contributed by atoms with Gasteiger partial charge in [-0.3, -0.25) is 9.69 Å². The minimum atomic E-state index is -3.02. The summed E-state index contributed by atoms with van der Waals surface area (Å²) in [4.78, 5) is 14.2. The number of aryl methyl sites for hydroxylation is 1. The largest absolute Gasteiger partial charge is 0.310 e. The maximum Gasteiger partial charge on any atom is 0.239 e. The average Bonchev–Trinajstić information content (AvgIpc) is 3.01. The van der Waals surface area contributed by atoms with Gasteiger partial charge in [0.2, 0.25) is 5.91 Å².